The molecule has 0 aromatic heterocycles. The molecule has 0 bridgehead atoms. The Kier molecular flexibility index (Phi) is 7.52. The minimum Gasteiger partial charge on any atom is -0.480 e. The number of carbonyl (C=O) groups is 3. The average Bonchev–Trinajstić information content (AvgIpc) is 3.26. The first kappa shape index (κ1) is 17.2. The number of carboxylic acids is 1. The molecule has 0 spiro atoms. The molecule has 1 aliphatic carbocycles. The summed E-state index contributed by atoms with van der Waals surface area (Å²) in [5.41, 5.74) is 0. The van der Waals surface area contributed by atoms with Gasteiger partial charge in [-0.3, -0.25) is 4.79 Å². The molecule has 0 aromatic carbocycles. The average molecular weight is 302 g/mol. The fourth-order valence-corrected chi connectivity index (χ4v) is 1.60. The lowest BCUT2D eigenvalue weighted by molar-refractivity contribution is -0.142. The number of ether oxygens (including phenoxy) is 2. The quantitative estimate of drug-likeness (QED) is 0.390. The predicted octanol–water partition coefficient (Wildman–Crippen LogP) is 0.119. The monoisotopic (exact) mass is 302 g/mol. The van der Waals surface area contributed by atoms with Crippen molar-refractivity contribution in [3.63, 3.8) is 0 Å². The highest BCUT2D eigenvalue weighted by atomic mass is 16.5. The molecule has 0 saturated heterocycles. The fourth-order valence-electron chi connectivity index (χ4n) is 1.60. The van der Waals surface area contributed by atoms with Crippen LogP contribution in [0.25, 0.3) is 0 Å². The molecule has 3 N–H and O–H groups in total. The summed E-state index contributed by atoms with van der Waals surface area (Å²) in [5.74, 6) is -1.05. The molecule has 8 heteroatoms. The second-order valence-electron chi connectivity index (χ2n) is 4.92. The fraction of sp³-hybridized carbons (Fsp3) is 0.769. The van der Waals surface area contributed by atoms with E-state index < -0.39 is 24.0 Å². The third-order valence-electron chi connectivity index (χ3n) is 3.05. The number of aliphatic carboxylic acids is 1. The SMILES string of the molecule is COC(=O)CC[C@H](NC(=O)NCCOCC1CC1)C(=O)O. The molecule has 0 radical (unpaired) electrons. The van der Waals surface area contributed by atoms with Crippen molar-refractivity contribution < 1.29 is 29.0 Å². The molecule has 1 aliphatic rings. The van der Waals surface area contributed by atoms with E-state index >= 15 is 0 Å². The molecule has 8 nitrogen and oxygen atoms in total. The molecule has 1 saturated carbocycles. The molecule has 0 aromatic rings. The smallest absolute Gasteiger partial charge is 0.326 e. The van der Waals surface area contributed by atoms with Crippen molar-refractivity contribution in [2.75, 3.05) is 26.9 Å². The van der Waals surface area contributed by atoms with Gasteiger partial charge in [-0.25, -0.2) is 9.59 Å². The molecule has 1 atom stereocenters. The van der Waals surface area contributed by atoms with E-state index in [1.807, 2.05) is 0 Å². The van der Waals surface area contributed by atoms with Crippen LogP contribution in [0.5, 0.6) is 0 Å². The summed E-state index contributed by atoms with van der Waals surface area (Å²) in [6, 6.07) is -1.72. The van der Waals surface area contributed by atoms with Gasteiger partial charge in [-0.2, -0.15) is 0 Å². The van der Waals surface area contributed by atoms with Crippen LogP contribution in [0.15, 0.2) is 0 Å². The van der Waals surface area contributed by atoms with Crippen molar-refractivity contribution in [1.82, 2.24) is 10.6 Å². The number of esters is 1. The summed E-state index contributed by atoms with van der Waals surface area (Å²) in [7, 11) is 1.22. The molecule has 0 aliphatic heterocycles. The Bertz CT molecular complexity index is 370. The molecule has 0 unspecified atom stereocenters. The van der Waals surface area contributed by atoms with Crippen molar-refractivity contribution >= 4 is 18.0 Å². The standard InChI is InChI=1S/C13H22N2O6/c1-20-11(16)5-4-10(12(17)18)15-13(19)14-6-7-21-8-9-2-3-9/h9-10H,2-8H2,1H3,(H,17,18)(H2,14,15,19)/t10-/m0/s1. The summed E-state index contributed by atoms with van der Waals surface area (Å²) in [6.45, 7) is 1.41. The van der Waals surface area contributed by atoms with Crippen LogP contribution >= 0.6 is 0 Å². The number of carbonyl (C=O) groups excluding carboxylic acids is 2. The van der Waals surface area contributed by atoms with Gasteiger partial charge in [0.2, 0.25) is 0 Å². The van der Waals surface area contributed by atoms with Gasteiger partial charge in [-0.05, 0) is 25.2 Å². The third kappa shape index (κ3) is 8.13. The second kappa shape index (κ2) is 9.17. The number of methoxy groups -OCH3 is 1. The Hall–Kier alpha value is -1.83. The summed E-state index contributed by atoms with van der Waals surface area (Å²) < 4.78 is 9.76. The van der Waals surface area contributed by atoms with E-state index in [1.54, 1.807) is 0 Å². The molecule has 2 amide bonds. The van der Waals surface area contributed by atoms with Gasteiger partial charge in [0.05, 0.1) is 13.7 Å². The number of carboxylic acid groups (broad SMARTS) is 1. The molecule has 21 heavy (non-hydrogen) atoms. The third-order valence-corrected chi connectivity index (χ3v) is 3.05. The van der Waals surface area contributed by atoms with E-state index in [4.69, 9.17) is 9.84 Å². The van der Waals surface area contributed by atoms with E-state index in [9.17, 15) is 14.4 Å². The highest BCUT2D eigenvalue weighted by Crippen LogP contribution is 2.28. The van der Waals surface area contributed by atoms with Gasteiger partial charge in [0.15, 0.2) is 0 Å². The number of hydrogen-bond donors (Lipinski definition) is 3. The summed E-state index contributed by atoms with van der Waals surface area (Å²) >= 11 is 0. The largest absolute Gasteiger partial charge is 0.480 e. The van der Waals surface area contributed by atoms with E-state index in [0.29, 0.717) is 25.7 Å². The minimum atomic E-state index is -1.20. The highest BCUT2D eigenvalue weighted by molar-refractivity contribution is 5.83. The zero-order valence-electron chi connectivity index (χ0n) is 12.1. The number of amides is 2. The van der Waals surface area contributed by atoms with Crippen LogP contribution in [0.3, 0.4) is 0 Å². The summed E-state index contributed by atoms with van der Waals surface area (Å²) in [5, 5.41) is 13.8. The Balaban J connectivity index is 2.14. The van der Waals surface area contributed by atoms with Crippen molar-refractivity contribution in [3.05, 3.63) is 0 Å². The first-order chi connectivity index (χ1) is 10.0. The molecule has 1 rings (SSSR count). The first-order valence-corrected chi connectivity index (χ1v) is 6.94. The van der Waals surface area contributed by atoms with Crippen LogP contribution in [-0.2, 0) is 19.1 Å². The first-order valence-electron chi connectivity index (χ1n) is 6.94. The molecule has 1 fully saturated rings. The lowest BCUT2D eigenvalue weighted by Crippen LogP contribution is -2.46. The van der Waals surface area contributed by atoms with Crippen molar-refractivity contribution in [3.8, 4) is 0 Å². The van der Waals surface area contributed by atoms with Crippen LogP contribution in [0.2, 0.25) is 0 Å². The van der Waals surface area contributed by atoms with Gasteiger partial charge in [0.1, 0.15) is 6.04 Å². The van der Waals surface area contributed by atoms with E-state index in [-0.39, 0.29) is 12.8 Å². The maximum Gasteiger partial charge on any atom is 0.326 e. The van der Waals surface area contributed by atoms with Gasteiger partial charge < -0.3 is 25.2 Å². The second-order valence-corrected chi connectivity index (χ2v) is 4.92. The van der Waals surface area contributed by atoms with Crippen molar-refractivity contribution in [2.45, 2.75) is 31.7 Å². The molecular weight excluding hydrogens is 280 g/mol. The van der Waals surface area contributed by atoms with Crippen LogP contribution in [-0.4, -0.2) is 56.0 Å². The lowest BCUT2D eigenvalue weighted by Gasteiger charge is -2.14. The van der Waals surface area contributed by atoms with Crippen LogP contribution < -0.4 is 10.6 Å². The van der Waals surface area contributed by atoms with E-state index in [2.05, 4.69) is 15.4 Å². The topological polar surface area (TPSA) is 114 Å². The summed E-state index contributed by atoms with van der Waals surface area (Å²) in [6.07, 6.45) is 2.31. The van der Waals surface area contributed by atoms with Crippen molar-refractivity contribution in [1.29, 1.82) is 0 Å². The predicted molar refractivity (Wildman–Crippen MR) is 72.8 cm³/mol. The van der Waals surface area contributed by atoms with Crippen LogP contribution in [0.4, 0.5) is 4.79 Å². The van der Waals surface area contributed by atoms with Gasteiger partial charge in [-0.1, -0.05) is 0 Å². The van der Waals surface area contributed by atoms with E-state index in [0.717, 1.165) is 0 Å². The highest BCUT2D eigenvalue weighted by Gasteiger charge is 2.22. The number of urea groups is 1. The van der Waals surface area contributed by atoms with Crippen LogP contribution in [0, 0.1) is 5.92 Å². The van der Waals surface area contributed by atoms with Gasteiger partial charge >= 0.3 is 18.0 Å². The molecule has 0 heterocycles. The normalized spacial score (nSPS) is 15.1. The van der Waals surface area contributed by atoms with Gasteiger partial charge in [-0.15, -0.1) is 0 Å². The minimum absolute atomic E-state index is 0.0202. The zero-order valence-corrected chi connectivity index (χ0v) is 12.1. The lowest BCUT2D eigenvalue weighted by atomic mass is 10.1. The number of hydrogen-bond acceptors (Lipinski definition) is 5. The Morgan fingerprint density at radius 3 is 2.62 bits per heavy atom. The zero-order chi connectivity index (χ0) is 15.7. The molecule has 120 valence electrons. The Labute approximate surface area is 123 Å². The Morgan fingerprint density at radius 1 is 1.33 bits per heavy atom. The maximum atomic E-state index is 11.5. The van der Waals surface area contributed by atoms with Crippen LogP contribution in [0.1, 0.15) is 25.7 Å². The van der Waals surface area contributed by atoms with Crippen molar-refractivity contribution in [2.24, 2.45) is 5.92 Å². The Morgan fingerprint density at radius 2 is 2.05 bits per heavy atom. The van der Waals surface area contributed by atoms with E-state index in [1.165, 1.54) is 20.0 Å². The summed E-state index contributed by atoms with van der Waals surface area (Å²) in [4.78, 5) is 33.5. The maximum absolute atomic E-state index is 11.5. The number of rotatable bonds is 10. The number of nitrogens with one attached hydrogen (secondary N) is 2. The molecular formula is C13H22N2O6. The van der Waals surface area contributed by atoms with Gasteiger partial charge in [0.25, 0.3) is 0 Å². The van der Waals surface area contributed by atoms with Gasteiger partial charge in [0, 0.05) is 19.6 Å².